The molecule has 0 fully saturated rings. The summed E-state index contributed by atoms with van der Waals surface area (Å²) in [7, 11) is 0. The van der Waals surface area contributed by atoms with Crippen LogP contribution in [0.15, 0.2) is 86.7 Å². The first-order chi connectivity index (χ1) is 13.6. The van der Waals surface area contributed by atoms with Crippen LogP contribution < -0.4 is 14.9 Å². The molecule has 4 rings (SSSR count). The molecule has 0 saturated carbocycles. The number of benzene rings is 3. The average Bonchev–Trinajstić information content (AvgIpc) is 2.71. The SMILES string of the molecule is Cc1ccccc1COc1ccc2c(=O)c(Oc3ccccc3Br)coc2c1. The van der Waals surface area contributed by atoms with E-state index in [9.17, 15) is 4.79 Å². The fourth-order valence-electron chi connectivity index (χ4n) is 2.83. The normalized spacial score (nSPS) is 10.8. The van der Waals surface area contributed by atoms with Crippen LogP contribution >= 0.6 is 15.9 Å². The highest BCUT2D eigenvalue weighted by atomic mass is 79.9. The van der Waals surface area contributed by atoms with Gasteiger partial charge in [0.05, 0.1) is 9.86 Å². The molecule has 28 heavy (non-hydrogen) atoms. The molecule has 0 N–H and O–H groups in total. The highest BCUT2D eigenvalue weighted by Crippen LogP contribution is 2.29. The summed E-state index contributed by atoms with van der Waals surface area (Å²) in [4.78, 5) is 12.7. The predicted octanol–water partition coefficient (Wildman–Crippen LogP) is 6.24. The Hall–Kier alpha value is -3.05. The molecular formula is C23H17BrO4. The van der Waals surface area contributed by atoms with Crippen molar-refractivity contribution in [3.63, 3.8) is 0 Å². The number of fused-ring (bicyclic) bond motifs is 1. The third-order valence-electron chi connectivity index (χ3n) is 4.43. The smallest absolute Gasteiger partial charge is 0.235 e. The quantitative estimate of drug-likeness (QED) is 0.371. The molecule has 4 aromatic rings. The van der Waals surface area contributed by atoms with Crippen molar-refractivity contribution in [2.75, 3.05) is 0 Å². The maximum absolute atomic E-state index is 12.7. The number of hydrogen-bond donors (Lipinski definition) is 0. The Labute approximate surface area is 170 Å². The number of para-hydroxylation sites is 1. The van der Waals surface area contributed by atoms with Crippen LogP contribution in [0.5, 0.6) is 17.2 Å². The summed E-state index contributed by atoms with van der Waals surface area (Å²) in [6.45, 7) is 2.50. The molecule has 0 saturated heterocycles. The van der Waals surface area contributed by atoms with E-state index in [-0.39, 0.29) is 11.2 Å². The number of hydrogen-bond acceptors (Lipinski definition) is 4. The van der Waals surface area contributed by atoms with Gasteiger partial charge in [-0.05, 0) is 58.2 Å². The van der Waals surface area contributed by atoms with Gasteiger partial charge in [0.15, 0.2) is 0 Å². The number of aryl methyl sites for hydroxylation is 1. The number of rotatable bonds is 5. The van der Waals surface area contributed by atoms with E-state index in [2.05, 4.69) is 15.9 Å². The first-order valence-electron chi connectivity index (χ1n) is 8.77. The van der Waals surface area contributed by atoms with Crippen molar-refractivity contribution in [3.05, 3.63) is 98.8 Å². The van der Waals surface area contributed by atoms with Crippen molar-refractivity contribution in [2.24, 2.45) is 0 Å². The van der Waals surface area contributed by atoms with E-state index in [4.69, 9.17) is 13.9 Å². The number of ether oxygens (including phenoxy) is 2. The second kappa shape index (κ2) is 7.90. The van der Waals surface area contributed by atoms with Crippen LogP contribution in [0.4, 0.5) is 0 Å². The summed E-state index contributed by atoms with van der Waals surface area (Å²) >= 11 is 3.40. The molecule has 0 amide bonds. The van der Waals surface area contributed by atoms with Gasteiger partial charge >= 0.3 is 0 Å². The van der Waals surface area contributed by atoms with Gasteiger partial charge in [-0.15, -0.1) is 0 Å². The molecule has 140 valence electrons. The van der Waals surface area contributed by atoms with Gasteiger partial charge in [0.2, 0.25) is 11.2 Å². The van der Waals surface area contributed by atoms with Gasteiger partial charge in [-0.3, -0.25) is 4.79 Å². The molecule has 0 aliphatic rings. The fourth-order valence-corrected chi connectivity index (χ4v) is 3.20. The topological polar surface area (TPSA) is 48.7 Å². The van der Waals surface area contributed by atoms with Crippen LogP contribution in [0.3, 0.4) is 0 Å². The summed E-state index contributed by atoms with van der Waals surface area (Å²) in [6, 6.07) is 20.6. The first-order valence-corrected chi connectivity index (χ1v) is 9.56. The van der Waals surface area contributed by atoms with Crippen molar-refractivity contribution in [3.8, 4) is 17.2 Å². The molecule has 5 heteroatoms. The zero-order valence-corrected chi connectivity index (χ0v) is 16.7. The van der Waals surface area contributed by atoms with Crippen LogP contribution in [-0.4, -0.2) is 0 Å². The van der Waals surface area contributed by atoms with Crippen molar-refractivity contribution in [1.82, 2.24) is 0 Å². The van der Waals surface area contributed by atoms with Crippen LogP contribution in [0, 0.1) is 6.92 Å². The van der Waals surface area contributed by atoms with E-state index >= 15 is 0 Å². The molecule has 0 bridgehead atoms. The van der Waals surface area contributed by atoms with E-state index in [1.54, 1.807) is 24.3 Å². The Morgan fingerprint density at radius 1 is 0.964 bits per heavy atom. The van der Waals surface area contributed by atoms with Gasteiger partial charge in [0, 0.05) is 6.07 Å². The van der Waals surface area contributed by atoms with Gasteiger partial charge < -0.3 is 13.9 Å². The monoisotopic (exact) mass is 436 g/mol. The standard InChI is InChI=1S/C23H17BrO4/c1-15-6-2-3-7-16(15)13-26-17-10-11-18-21(12-17)27-14-22(23(18)25)28-20-9-5-4-8-19(20)24/h2-12,14H,13H2,1H3. The van der Waals surface area contributed by atoms with Gasteiger partial charge in [0.25, 0.3) is 0 Å². The van der Waals surface area contributed by atoms with Crippen LogP contribution in [0.1, 0.15) is 11.1 Å². The van der Waals surface area contributed by atoms with E-state index < -0.39 is 0 Å². The number of halogens is 1. The average molecular weight is 437 g/mol. The lowest BCUT2D eigenvalue weighted by molar-refractivity contribution is 0.305. The molecule has 4 nitrogen and oxygen atoms in total. The van der Waals surface area contributed by atoms with E-state index in [0.717, 1.165) is 10.0 Å². The minimum absolute atomic E-state index is 0.132. The molecule has 3 aromatic carbocycles. The molecular weight excluding hydrogens is 420 g/mol. The molecule has 0 aliphatic heterocycles. The Balaban J connectivity index is 1.58. The lowest BCUT2D eigenvalue weighted by Gasteiger charge is -2.10. The van der Waals surface area contributed by atoms with Gasteiger partial charge in [-0.1, -0.05) is 36.4 Å². The van der Waals surface area contributed by atoms with Crippen LogP contribution in [0.2, 0.25) is 0 Å². The second-order valence-corrected chi connectivity index (χ2v) is 7.19. The molecule has 0 spiro atoms. The summed E-state index contributed by atoms with van der Waals surface area (Å²) in [6.07, 6.45) is 1.33. The van der Waals surface area contributed by atoms with E-state index in [1.165, 1.54) is 11.8 Å². The maximum atomic E-state index is 12.7. The summed E-state index contributed by atoms with van der Waals surface area (Å²) in [5.74, 6) is 1.32. The predicted molar refractivity (Wildman–Crippen MR) is 112 cm³/mol. The van der Waals surface area contributed by atoms with Gasteiger partial charge in [-0.2, -0.15) is 0 Å². The zero-order chi connectivity index (χ0) is 19.5. The third-order valence-corrected chi connectivity index (χ3v) is 5.08. The summed E-state index contributed by atoms with van der Waals surface area (Å²) in [5, 5.41) is 0.438. The van der Waals surface area contributed by atoms with Crippen LogP contribution in [-0.2, 0) is 6.61 Å². The lowest BCUT2D eigenvalue weighted by atomic mass is 10.1. The fraction of sp³-hybridized carbons (Fsp3) is 0.0870. The molecule has 0 aliphatic carbocycles. The summed E-state index contributed by atoms with van der Waals surface area (Å²) < 4.78 is 18.0. The minimum Gasteiger partial charge on any atom is -0.489 e. The Morgan fingerprint density at radius 2 is 1.75 bits per heavy atom. The first kappa shape index (κ1) is 18.3. The minimum atomic E-state index is -0.234. The second-order valence-electron chi connectivity index (χ2n) is 6.33. The Morgan fingerprint density at radius 3 is 2.57 bits per heavy atom. The van der Waals surface area contributed by atoms with Gasteiger partial charge in [-0.25, -0.2) is 0 Å². The van der Waals surface area contributed by atoms with E-state index in [1.807, 2.05) is 49.4 Å². The Bertz CT molecular complexity index is 1200. The lowest BCUT2D eigenvalue weighted by Crippen LogP contribution is -2.05. The van der Waals surface area contributed by atoms with Crippen LogP contribution in [0.25, 0.3) is 11.0 Å². The van der Waals surface area contributed by atoms with Crippen molar-refractivity contribution < 1.29 is 13.9 Å². The highest BCUT2D eigenvalue weighted by Gasteiger charge is 2.11. The van der Waals surface area contributed by atoms with Crippen molar-refractivity contribution in [2.45, 2.75) is 13.5 Å². The largest absolute Gasteiger partial charge is 0.489 e. The zero-order valence-electron chi connectivity index (χ0n) is 15.1. The molecule has 1 heterocycles. The maximum Gasteiger partial charge on any atom is 0.235 e. The molecule has 0 atom stereocenters. The molecule has 0 radical (unpaired) electrons. The Kier molecular flexibility index (Phi) is 5.17. The summed E-state index contributed by atoms with van der Waals surface area (Å²) in [5.41, 5.74) is 2.50. The highest BCUT2D eigenvalue weighted by molar-refractivity contribution is 9.10. The third kappa shape index (κ3) is 3.80. The van der Waals surface area contributed by atoms with Crippen molar-refractivity contribution in [1.29, 1.82) is 0 Å². The molecule has 0 unspecified atom stereocenters. The van der Waals surface area contributed by atoms with E-state index in [0.29, 0.717) is 29.1 Å². The molecule has 1 aromatic heterocycles. The van der Waals surface area contributed by atoms with Gasteiger partial charge in [0.1, 0.15) is 30.0 Å². The van der Waals surface area contributed by atoms with Crippen molar-refractivity contribution >= 4 is 26.9 Å².